The fraction of sp³-hybridized carbons (Fsp3) is 0.579. The van der Waals surface area contributed by atoms with E-state index in [2.05, 4.69) is 5.32 Å². The van der Waals surface area contributed by atoms with E-state index in [0.29, 0.717) is 19.4 Å². The molecule has 0 atom stereocenters. The average molecular weight is 370 g/mol. The monoisotopic (exact) mass is 370 g/mol. The second-order valence-corrected chi connectivity index (χ2v) is 6.85. The van der Waals surface area contributed by atoms with Gasteiger partial charge in [0.05, 0.1) is 6.67 Å². The Balaban J connectivity index is 0.00000676. The Bertz CT molecular complexity index is 552. The molecule has 0 bridgehead atoms. The van der Waals surface area contributed by atoms with E-state index < -0.39 is 24.5 Å². The van der Waals surface area contributed by atoms with Gasteiger partial charge in [-0.05, 0) is 39.2 Å². The van der Waals surface area contributed by atoms with Crippen LogP contribution in [-0.4, -0.2) is 49.0 Å². The summed E-state index contributed by atoms with van der Waals surface area (Å²) in [4.78, 5) is 25.4. The summed E-state index contributed by atoms with van der Waals surface area (Å²) in [6.45, 7) is 5.92. The molecule has 148 valence electrons. The molecule has 0 saturated heterocycles. The fourth-order valence-corrected chi connectivity index (χ4v) is 2.11. The lowest BCUT2D eigenvalue weighted by Gasteiger charge is -2.23. The number of nitrogens with zero attached hydrogens (tertiary/aromatic N) is 1. The summed E-state index contributed by atoms with van der Waals surface area (Å²) in [5.74, 6) is 0. The van der Waals surface area contributed by atoms with Crippen molar-refractivity contribution in [1.29, 1.82) is 0 Å². The van der Waals surface area contributed by atoms with Crippen LogP contribution in [0.4, 0.5) is 14.0 Å². The first-order valence-electron chi connectivity index (χ1n) is 8.80. The maximum Gasteiger partial charge on any atom is 0.410 e. The molecule has 1 aromatic carbocycles. The quantitative estimate of drug-likeness (QED) is 0.663. The number of nitrogens with one attached hydrogen (secondary N) is 1. The highest BCUT2D eigenvalue weighted by Gasteiger charge is 2.18. The number of ether oxygens (including phenoxy) is 2. The van der Waals surface area contributed by atoms with Crippen molar-refractivity contribution in [1.82, 2.24) is 10.2 Å². The van der Waals surface area contributed by atoms with Gasteiger partial charge in [0.15, 0.2) is 0 Å². The van der Waals surface area contributed by atoms with Crippen molar-refractivity contribution in [2.45, 2.75) is 45.8 Å². The van der Waals surface area contributed by atoms with Crippen molar-refractivity contribution < 1.29 is 24.9 Å². The highest BCUT2D eigenvalue weighted by Crippen LogP contribution is 2.07. The summed E-state index contributed by atoms with van der Waals surface area (Å²) in [5, 5.41) is 2.60. The molecule has 26 heavy (non-hydrogen) atoms. The van der Waals surface area contributed by atoms with Crippen LogP contribution >= 0.6 is 0 Å². The first-order valence-corrected chi connectivity index (χ1v) is 8.80. The Morgan fingerprint density at radius 2 is 1.85 bits per heavy atom. The molecule has 0 spiro atoms. The summed E-state index contributed by atoms with van der Waals surface area (Å²) in [7, 11) is 0. The van der Waals surface area contributed by atoms with Gasteiger partial charge in [-0.25, -0.2) is 9.59 Å². The second-order valence-electron chi connectivity index (χ2n) is 6.85. The van der Waals surface area contributed by atoms with Gasteiger partial charge in [0, 0.05) is 21.1 Å². The Labute approximate surface area is 156 Å². The van der Waals surface area contributed by atoms with E-state index in [-0.39, 0.29) is 21.1 Å². The number of amides is 2. The van der Waals surface area contributed by atoms with Crippen molar-refractivity contribution >= 4 is 12.2 Å². The third-order valence-electron chi connectivity index (χ3n) is 3.32. The molecule has 0 aliphatic heterocycles. The summed E-state index contributed by atoms with van der Waals surface area (Å²) >= 11 is 0. The minimum Gasteiger partial charge on any atom is -0.445 e. The van der Waals surface area contributed by atoms with Gasteiger partial charge in [-0.1, -0.05) is 30.3 Å². The first-order chi connectivity index (χ1) is 12.3. The molecular formula is C19H31FN2O4. The van der Waals surface area contributed by atoms with Crippen molar-refractivity contribution in [3.05, 3.63) is 35.9 Å². The normalized spacial score (nSPS) is 10.9. The first kappa shape index (κ1) is 21.7. The Kier molecular flexibility index (Phi) is 9.47. The van der Waals surface area contributed by atoms with E-state index in [1.54, 1.807) is 20.8 Å². The van der Waals surface area contributed by atoms with Crippen LogP contribution in [0.15, 0.2) is 30.3 Å². The van der Waals surface area contributed by atoms with Gasteiger partial charge in [0.25, 0.3) is 0 Å². The van der Waals surface area contributed by atoms with Gasteiger partial charge in [-0.2, -0.15) is 0 Å². The second kappa shape index (κ2) is 11.3. The number of hydrogen-bond donors (Lipinski definition) is 1. The zero-order valence-corrected chi connectivity index (χ0v) is 15.8. The number of rotatable bonds is 9. The van der Waals surface area contributed by atoms with Crippen LogP contribution in [0.1, 0.15) is 40.6 Å². The predicted octanol–water partition coefficient (Wildman–Crippen LogP) is 4.15. The van der Waals surface area contributed by atoms with Crippen LogP contribution in [0.3, 0.4) is 0 Å². The van der Waals surface area contributed by atoms with E-state index in [1.807, 2.05) is 30.3 Å². The topological polar surface area (TPSA) is 67.9 Å². The maximum absolute atomic E-state index is 12.3. The molecule has 0 radical (unpaired) electrons. The van der Waals surface area contributed by atoms with Gasteiger partial charge in [0.1, 0.15) is 12.2 Å². The highest BCUT2D eigenvalue weighted by atomic mass is 19.1. The minimum absolute atomic E-state index is 0. The van der Waals surface area contributed by atoms with Crippen LogP contribution in [-0.2, 0) is 16.1 Å². The molecule has 0 aliphatic rings. The molecule has 0 heterocycles. The number of alkyl halides is 1. The van der Waals surface area contributed by atoms with Crippen molar-refractivity contribution in [2.24, 2.45) is 0 Å². The van der Waals surface area contributed by atoms with Crippen LogP contribution in [0.25, 0.3) is 0 Å². The lowest BCUT2D eigenvalue weighted by Crippen LogP contribution is -2.41. The Morgan fingerprint density at radius 1 is 1.15 bits per heavy atom. The molecule has 6 nitrogen and oxygen atoms in total. The average Bonchev–Trinajstić information content (AvgIpc) is 2.58. The van der Waals surface area contributed by atoms with Crippen molar-refractivity contribution in [3.8, 4) is 0 Å². The largest absolute Gasteiger partial charge is 0.445 e. The molecule has 1 N–H and O–H groups in total. The van der Waals surface area contributed by atoms with E-state index in [9.17, 15) is 14.0 Å². The van der Waals surface area contributed by atoms with Crippen LogP contribution in [0.2, 0.25) is 0 Å². The SMILES string of the molecule is CC(C)(C)OC(=O)NCCN(CCCCF)C(=O)OCc1ccccc1.[HH]. The molecule has 1 aromatic rings. The van der Waals surface area contributed by atoms with Gasteiger partial charge in [-0.3, -0.25) is 4.39 Å². The molecule has 0 aromatic heterocycles. The summed E-state index contributed by atoms with van der Waals surface area (Å²) in [6.07, 6.45) is -0.122. The number of carbonyl (C=O) groups is 2. The Hall–Kier alpha value is -2.31. The molecule has 1 rings (SSSR count). The number of unbranched alkanes of at least 4 members (excludes halogenated alkanes) is 1. The minimum atomic E-state index is -0.584. The number of carbonyl (C=O) groups excluding carboxylic acids is 2. The lowest BCUT2D eigenvalue weighted by atomic mass is 10.2. The number of alkyl carbamates (subject to hydrolysis) is 1. The maximum atomic E-state index is 12.3. The van der Waals surface area contributed by atoms with E-state index in [4.69, 9.17) is 9.47 Å². The fourth-order valence-electron chi connectivity index (χ4n) is 2.11. The molecule has 2 amide bonds. The van der Waals surface area contributed by atoms with Crippen molar-refractivity contribution in [3.63, 3.8) is 0 Å². The van der Waals surface area contributed by atoms with Crippen molar-refractivity contribution in [2.75, 3.05) is 26.3 Å². The molecule has 0 saturated carbocycles. The van der Waals surface area contributed by atoms with Crippen LogP contribution in [0, 0.1) is 0 Å². The molecule has 7 heteroatoms. The molecule has 0 aliphatic carbocycles. The van der Waals surface area contributed by atoms with Crippen LogP contribution < -0.4 is 5.32 Å². The third kappa shape index (κ3) is 9.86. The summed E-state index contributed by atoms with van der Waals surface area (Å²) < 4.78 is 22.8. The molecule has 0 fully saturated rings. The van der Waals surface area contributed by atoms with Gasteiger partial charge in [0.2, 0.25) is 0 Å². The Morgan fingerprint density at radius 3 is 2.46 bits per heavy atom. The van der Waals surface area contributed by atoms with E-state index >= 15 is 0 Å². The predicted molar refractivity (Wildman–Crippen MR) is 99.8 cm³/mol. The standard InChI is InChI=1S/C19H29FN2O4.H2/c1-19(2,3)26-17(23)21-12-14-22(13-8-7-11-20)18(24)25-15-16-9-5-4-6-10-16;/h4-6,9-10H,7-8,11-15H2,1-3H3,(H,21,23);1H. The van der Waals surface area contributed by atoms with E-state index in [0.717, 1.165) is 5.56 Å². The third-order valence-corrected chi connectivity index (χ3v) is 3.32. The summed E-state index contributed by atoms with van der Waals surface area (Å²) in [6, 6.07) is 9.35. The lowest BCUT2D eigenvalue weighted by molar-refractivity contribution is 0.0514. The zero-order chi connectivity index (χ0) is 19.4. The summed E-state index contributed by atoms with van der Waals surface area (Å²) in [5.41, 5.74) is 0.302. The highest BCUT2D eigenvalue weighted by molar-refractivity contribution is 5.69. The molecule has 0 unspecified atom stereocenters. The van der Waals surface area contributed by atoms with Gasteiger partial charge < -0.3 is 19.7 Å². The van der Waals surface area contributed by atoms with E-state index in [1.165, 1.54) is 4.90 Å². The number of benzene rings is 1. The van der Waals surface area contributed by atoms with Crippen LogP contribution in [0.5, 0.6) is 0 Å². The molecular weight excluding hydrogens is 339 g/mol. The number of hydrogen-bond acceptors (Lipinski definition) is 4. The smallest absolute Gasteiger partial charge is 0.410 e. The van der Waals surface area contributed by atoms with Gasteiger partial charge in [-0.15, -0.1) is 0 Å². The number of halogens is 1. The zero-order valence-electron chi connectivity index (χ0n) is 15.8. The van der Waals surface area contributed by atoms with Gasteiger partial charge >= 0.3 is 12.2 Å².